The van der Waals surface area contributed by atoms with Crippen molar-refractivity contribution in [2.45, 2.75) is 0 Å². The molecule has 0 unspecified atom stereocenters. The zero-order valence-electron chi connectivity index (χ0n) is 26.3. The van der Waals surface area contributed by atoms with Crippen LogP contribution in [0.2, 0.25) is 0 Å². The summed E-state index contributed by atoms with van der Waals surface area (Å²) >= 11 is 0. The van der Waals surface area contributed by atoms with Crippen molar-refractivity contribution in [2.75, 3.05) is 0 Å². The van der Waals surface area contributed by atoms with Gasteiger partial charge >= 0.3 is 0 Å². The predicted molar refractivity (Wildman–Crippen MR) is 204 cm³/mol. The Morgan fingerprint density at radius 3 is 1.80 bits per heavy atom. The largest absolute Gasteiger partial charge is 0.456 e. The first-order chi connectivity index (χ1) is 24.3. The van der Waals surface area contributed by atoms with E-state index in [9.17, 15) is 0 Å². The highest BCUT2D eigenvalue weighted by Gasteiger charge is 2.26. The van der Waals surface area contributed by atoms with Gasteiger partial charge in [0.15, 0.2) is 0 Å². The molecule has 0 spiro atoms. The maximum Gasteiger partial charge on any atom is 0.137 e. The third-order valence-electron chi connectivity index (χ3n) is 10.8. The Hall–Kier alpha value is -6.58. The van der Waals surface area contributed by atoms with Gasteiger partial charge in [0.1, 0.15) is 11.2 Å². The van der Waals surface area contributed by atoms with Crippen LogP contribution in [0.15, 0.2) is 162 Å². The van der Waals surface area contributed by atoms with Gasteiger partial charge in [0.25, 0.3) is 0 Å². The second-order valence-corrected chi connectivity index (χ2v) is 13.2. The third-order valence-corrected chi connectivity index (χ3v) is 10.8. The minimum atomic E-state index is 0.901. The van der Waals surface area contributed by atoms with Gasteiger partial charge in [-0.3, -0.25) is 0 Å². The highest BCUT2D eigenvalue weighted by molar-refractivity contribution is 6.30. The first-order valence-corrected chi connectivity index (χ1v) is 16.9. The average Bonchev–Trinajstić information content (AvgIpc) is 3.89. The van der Waals surface area contributed by atoms with Crippen LogP contribution >= 0.6 is 0 Å². The number of para-hydroxylation sites is 3. The summed E-state index contributed by atoms with van der Waals surface area (Å²) in [6, 6.07) is 57.4. The number of benzene rings is 8. The van der Waals surface area contributed by atoms with Crippen LogP contribution in [0.5, 0.6) is 0 Å². The summed E-state index contributed by atoms with van der Waals surface area (Å²) < 4.78 is 11.5. The van der Waals surface area contributed by atoms with E-state index in [-0.39, 0.29) is 0 Å². The molecule has 3 nitrogen and oxygen atoms in total. The Kier molecular flexibility index (Phi) is 4.72. The summed E-state index contributed by atoms with van der Waals surface area (Å²) in [5.41, 5.74) is 14.1. The van der Waals surface area contributed by atoms with Crippen molar-refractivity contribution in [3.05, 3.63) is 158 Å². The fourth-order valence-electron chi connectivity index (χ4n) is 8.92. The van der Waals surface area contributed by atoms with Crippen LogP contribution in [0.1, 0.15) is 0 Å². The maximum absolute atomic E-state index is 6.46. The normalized spacial score (nSPS) is 12.5. The summed E-state index contributed by atoms with van der Waals surface area (Å²) in [4.78, 5) is 0. The summed E-state index contributed by atoms with van der Waals surface area (Å²) in [6.07, 6.45) is 0. The summed E-state index contributed by atoms with van der Waals surface area (Å²) in [7, 11) is 0. The molecule has 49 heavy (non-hydrogen) atoms. The molecule has 1 aliphatic rings. The second-order valence-electron chi connectivity index (χ2n) is 13.2. The van der Waals surface area contributed by atoms with Gasteiger partial charge in [0.2, 0.25) is 0 Å². The van der Waals surface area contributed by atoms with E-state index in [0.29, 0.717) is 0 Å². The monoisotopic (exact) mass is 622 g/mol. The summed E-state index contributed by atoms with van der Waals surface area (Å²) in [6.45, 7) is 0. The standard InChI is InChI=1S/C46H26N2O/c1-2-11-27(12-3-1)47-44-34(24-26-41-43(44)37-16-7-9-20-40(37)49-41)35-22-21-33-30-15-6-8-19-38(30)48(46(33)45(35)47)39-25-23-32-29-14-5-4-13-28(29)31-17-10-18-36(39)42(31)32/h1-26H. The van der Waals surface area contributed by atoms with E-state index in [1.54, 1.807) is 0 Å². The molecule has 0 aliphatic heterocycles. The predicted octanol–water partition coefficient (Wildman–Crippen LogP) is 12.6. The number of hydrogen-bond donors (Lipinski definition) is 0. The van der Waals surface area contributed by atoms with Crippen LogP contribution < -0.4 is 0 Å². The van der Waals surface area contributed by atoms with Crippen molar-refractivity contribution in [3.8, 4) is 33.6 Å². The molecule has 1 aliphatic carbocycles. The van der Waals surface area contributed by atoms with Gasteiger partial charge < -0.3 is 13.6 Å². The van der Waals surface area contributed by atoms with Crippen molar-refractivity contribution < 1.29 is 4.42 Å². The molecule has 3 heterocycles. The molecule has 0 saturated carbocycles. The lowest BCUT2D eigenvalue weighted by atomic mass is 10.0. The quantitative estimate of drug-likeness (QED) is 0.188. The van der Waals surface area contributed by atoms with E-state index in [1.165, 1.54) is 82.3 Å². The molecule has 0 fully saturated rings. The van der Waals surface area contributed by atoms with Gasteiger partial charge in [-0.25, -0.2) is 0 Å². The van der Waals surface area contributed by atoms with Gasteiger partial charge in [0, 0.05) is 38.0 Å². The van der Waals surface area contributed by atoms with Gasteiger partial charge in [0.05, 0.1) is 33.1 Å². The number of rotatable bonds is 2. The molecule has 8 aromatic carbocycles. The number of furan rings is 1. The molecule has 0 atom stereocenters. The molecule has 0 N–H and O–H groups in total. The van der Waals surface area contributed by atoms with E-state index in [1.807, 2.05) is 6.07 Å². The molecule has 3 heteroatoms. The Morgan fingerprint density at radius 1 is 0.327 bits per heavy atom. The molecule has 0 amide bonds. The van der Waals surface area contributed by atoms with E-state index in [2.05, 4.69) is 161 Å². The van der Waals surface area contributed by atoms with Crippen molar-refractivity contribution in [1.29, 1.82) is 0 Å². The minimum Gasteiger partial charge on any atom is -0.456 e. The van der Waals surface area contributed by atoms with Gasteiger partial charge in [-0.05, 0) is 70.1 Å². The van der Waals surface area contributed by atoms with Crippen molar-refractivity contribution in [1.82, 2.24) is 9.13 Å². The zero-order chi connectivity index (χ0) is 31.8. The van der Waals surface area contributed by atoms with Crippen molar-refractivity contribution in [3.63, 3.8) is 0 Å². The van der Waals surface area contributed by atoms with Crippen LogP contribution in [-0.4, -0.2) is 9.13 Å². The number of fused-ring (bicyclic) bond motifs is 14. The fourth-order valence-corrected chi connectivity index (χ4v) is 8.92. The van der Waals surface area contributed by atoms with E-state index in [4.69, 9.17) is 4.42 Å². The first kappa shape index (κ1) is 25.5. The Balaban J connectivity index is 1.33. The van der Waals surface area contributed by atoms with Crippen LogP contribution in [0.3, 0.4) is 0 Å². The molecule has 226 valence electrons. The van der Waals surface area contributed by atoms with E-state index in [0.717, 1.165) is 27.6 Å². The van der Waals surface area contributed by atoms with Crippen LogP contribution in [-0.2, 0) is 0 Å². The van der Waals surface area contributed by atoms with Gasteiger partial charge in [-0.15, -0.1) is 0 Å². The SMILES string of the molecule is c1ccc(-n2c3c(ccc4oc5ccccc5c43)c3ccc4c5ccccc5n(-c5ccc6c7c(cccc57)-c5ccccc5-6)c4c32)cc1. The highest BCUT2D eigenvalue weighted by atomic mass is 16.3. The topological polar surface area (TPSA) is 23.0 Å². The third kappa shape index (κ3) is 3.13. The number of hydrogen-bond acceptors (Lipinski definition) is 1. The zero-order valence-corrected chi connectivity index (χ0v) is 26.3. The first-order valence-electron chi connectivity index (χ1n) is 16.9. The molecule has 12 rings (SSSR count). The molecular weight excluding hydrogens is 597 g/mol. The molecule has 3 aromatic heterocycles. The van der Waals surface area contributed by atoms with E-state index < -0.39 is 0 Å². The average molecular weight is 623 g/mol. The lowest BCUT2D eigenvalue weighted by Crippen LogP contribution is -1.99. The fraction of sp³-hybridized carbons (Fsp3) is 0. The molecule has 0 saturated heterocycles. The lowest BCUT2D eigenvalue weighted by molar-refractivity contribution is 0.669. The lowest BCUT2D eigenvalue weighted by Gasteiger charge is -2.15. The molecule has 11 aromatic rings. The Morgan fingerprint density at radius 2 is 0.939 bits per heavy atom. The number of aromatic nitrogens is 2. The smallest absolute Gasteiger partial charge is 0.137 e. The molecular formula is C46H26N2O. The summed E-state index contributed by atoms with van der Waals surface area (Å²) in [5, 5.41) is 9.79. The van der Waals surface area contributed by atoms with Crippen LogP contribution in [0, 0.1) is 0 Å². The van der Waals surface area contributed by atoms with Gasteiger partial charge in [-0.2, -0.15) is 0 Å². The maximum atomic E-state index is 6.46. The number of nitrogens with zero attached hydrogens (tertiary/aromatic N) is 2. The summed E-state index contributed by atoms with van der Waals surface area (Å²) in [5.74, 6) is 0. The van der Waals surface area contributed by atoms with Gasteiger partial charge in [-0.1, -0.05) is 115 Å². The Bertz CT molecular complexity index is 3180. The molecule has 0 bridgehead atoms. The van der Waals surface area contributed by atoms with Crippen molar-refractivity contribution in [2.24, 2.45) is 0 Å². The Labute approximate surface area is 280 Å². The van der Waals surface area contributed by atoms with Crippen molar-refractivity contribution >= 4 is 76.3 Å². The highest BCUT2D eigenvalue weighted by Crippen LogP contribution is 2.50. The second kappa shape index (κ2) is 9.06. The van der Waals surface area contributed by atoms with E-state index >= 15 is 0 Å². The molecule has 0 radical (unpaired) electrons. The van der Waals surface area contributed by atoms with Crippen LogP contribution in [0.4, 0.5) is 0 Å². The minimum absolute atomic E-state index is 0.901. The van der Waals surface area contributed by atoms with Crippen LogP contribution in [0.25, 0.3) is 110 Å².